The molecule has 0 radical (unpaired) electrons. The van der Waals surface area contributed by atoms with Crippen LogP contribution in [0.3, 0.4) is 0 Å². The molecular formula is C13H12F5NO2. The Morgan fingerprint density at radius 1 is 1.10 bits per heavy atom. The summed E-state index contributed by atoms with van der Waals surface area (Å²) in [6.07, 6.45) is 0.465. The highest BCUT2D eigenvalue weighted by Gasteiger charge is 2.38. The Balaban J connectivity index is 2.50. The normalized spacial score (nSPS) is 22.0. The maximum Gasteiger partial charge on any atom is 0.260 e. The van der Waals surface area contributed by atoms with Crippen molar-refractivity contribution in [2.24, 2.45) is 5.92 Å². The van der Waals surface area contributed by atoms with Crippen LogP contribution >= 0.6 is 0 Å². The van der Waals surface area contributed by atoms with Crippen LogP contribution in [-0.2, 0) is 0 Å². The molecule has 1 saturated heterocycles. The molecule has 21 heavy (non-hydrogen) atoms. The Morgan fingerprint density at radius 3 is 2.05 bits per heavy atom. The second-order valence-corrected chi connectivity index (χ2v) is 4.96. The van der Waals surface area contributed by atoms with Crippen molar-refractivity contribution in [1.29, 1.82) is 0 Å². The van der Waals surface area contributed by atoms with E-state index in [1.54, 1.807) is 6.92 Å². The van der Waals surface area contributed by atoms with Crippen LogP contribution in [0, 0.1) is 35.0 Å². The Bertz CT molecular complexity index is 563. The SMILES string of the molecule is CC1CCN(C(=O)c2c(F)c(F)c(F)c(F)c2F)C1CO. The molecule has 1 aliphatic heterocycles. The van der Waals surface area contributed by atoms with Crippen LogP contribution < -0.4 is 0 Å². The predicted octanol–water partition coefficient (Wildman–Crippen LogP) is 2.23. The number of hydrogen-bond donors (Lipinski definition) is 1. The summed E-state index contributed by atoms with van der Waals surface area (Å²) in [5.74, 6) is -12.4. The van der Waals surface area contributed by atoms with Gasteiger partial charge in [-0.2, -0.15) is 0 Å². The minimum Gasteiger partial charge on any atom is -0.394 e. The van der Waals surface area contributed by atoms with Gasteiger partial charge in [0, 0.05) is 6.54 Å². The number of hydrogen-bond acceptors (Lipinski definition) is 2. The van der Waals surface area contributed by atoms with Crippen molar-refractivity contribution in [3.63, 3.8) is 0 Å². The number of aliphatic hydroxyl groups excluding tert-OH is 1. The zero-order chi connectivity index (χ0) is 15.9. The fraction of sp³-hybridized carbons (Fsp3) is 0.462. The van der Waals surface area contributed by atoms with Crippen LogP contribution in [0.15, 0.2) is 0 Å². The van der Waals surface area contributed by atoms with Gasteiger partial charge in [0.1, 0.15) is 5.56 Å². The quantitative estimate of drug-likeness (QED) is 0.517. The van der Waals surface area contributed by atoms with Crippen LogP contribution in [0.2, 0.25) is 0 Å². The van der Waals surface area contributed by atoms with Crippen LogP contribution in [0.1, 0.15) is 23.7 Å². The summed E-state index contributed by atoms with van der Waals surface area (Å²) in [6.45, 7) is 1.33. The Labute approximate surface area is 117 Å². The van der Waals surface area contributed by atoms with Crippen molar-refractivity contribution in [1.82, 2.24) is 4.90 Å². The summed E-state index contributed by atoms with van der Waals surface area (Å²) in [5.41, 5.74) is -1.49. The number of carbonyl (C=O) groups excluding carboxylic acids is 1. The fourth-order valence-corrected chi connectivity index (χ4v) is 2.48. The van der Waals surface area contributed by atoms with Crippen LogP contribution in [0.25, 0.3) is 0 Å². The number of aliphatic hydroxyl groups is 1. The van der Waals surface area contributed by atoms with E-state index in [1.807, 2.05) is 0 Å². The highest BCUT2D eigenvalue weighted by Crippen LogP contribution is 2.29. The van der Waals surface area contributed by atoms with Crippen molar-refractivity contribution in [3.8, 4) is 0 Å². The highest BCUT2D eigenvalue weighted by molar-refractivity contribution is 5.95. The summed E-state index contributed by atoms with van der Waals surface area (Å²) in [7, 11) is 0. The second-order valence-electron chi connectivity index (χ2n) is 4.96. The van der Waals surface area contributed by atoms with Crippen LogP contribution in [-0.4, -0.2) is 35.1 Å². The lowest BCUT2D eigenvalue weighted by molar-refractivity contribution is 0.0635. The molecule has 1 heterocycles. The first-order valence-corrected chi connectivity index (χ1v) is 6.24. The number of amides is 1. The molecule has 2 unspecified atom stereocenters. The standard InChI is InChI=1S/C13H12F5NO2/c1-5-2-3-19(6(5)4-20)13(21)7-8(14)10(16)12(18)11(17)9(7)15/h5-6,20H,2-4H2,1H3. The Kier molecular flexibility index (Phi) is 4.18. The van der Waals surface area contributed by atoms with E-state index < -0.39 is 53.2 Å². The van der Waals surface area contributed by atoms with E-state index in [-0.39, 0.29) is 12.5 Å². The lowest BCUT2D eigenvalue weighted by Crippen LogP contribution is -2.41. The number of benzene rings is 1. The first-order chi connectivity index (χ1) is 9.81. The summed E-state index contributed by atoms with van der Waals surface area (Å²) in [5, 5.41) is 9.21. The molecule has 8 heteroatoms. The molecule has 0 saturated carbocycles. The molecule has 1 N–H and O–H groups in total. The van der Waals surface area contributed by atoms with Gasteiger partial charge < -0.3 is 10.0 Å². The second kappa shape index (κ2) is 5.59. The van der Waals surface area contributed by atoms with Gasteiger partial charge in [-0.3, -0.25) is 4.79 Å². The lowest BCUT2D eigenvalue weighted by atomic mass is 10.0. The summed E-state index contributed by atoms with van der Waals surface area (Å²) >= 11 is 0. The number of likely N-dealkylation sites (tertiary alicyclic amines) is 1. The monoisotopic (exact) mass is 309 g/mol. The molecule has 3 nitrogen and oxygen atoms in total. The van der Waals surface area contributed by atoms with E-state index in [2.05, 4.69) is 0 Å². The zero-order valence-corrected chi connectivity index (χ0v) is 11.0. The van der Waals surface area contributed by atoms with Gasteiger partial charge in [-0.05, 0) is 12.3 Å². The maximum atomic E-state index is 13.6. The summed E-state index contributed by atoms with van der Waals surface area (Å²) in [4.78, 5) is 13.0. The van der Waals surface area contributed by atoms with Gasteiger partial charge in [-0.25, -0.2) is 22.0 Å². The molecule has 0 aliphatic carbocycles. The molecule has 2 atom stereocenters. The van der Waals surface area contributed by atoms with Crippen molar-refractivity contribution in [2.45, 2.75) is 19.4 Å². The van der Waals surface area contributed by atoms with E-state index in [4.69, 9.17) is 0 Å². The van der Waals surface area contributed by atoms with Crippen molar-refractivity contribution < 1.29 is 31.9 Å². The fourth-order valence-electron chi connectivity index (χ4n) is 2.48. The topological polar surface area (TPSA) is 40.5 Å². The third-order valence-electron chi connectivity index (χ3n) is 3.75. The molecule has 1 amide bonds. The first kappa shape index (κ1) is 15.7. The van der Waals surface area contributed by atoms with Gasteiger partial charge in [-0.15, -0.1) is 0 Å². The lowest BCUT2D eigenvalue weighted by Gasteiger charge is -2.25. The molecule has 116 valence electrons. The van der Waals surface area contributed by atoms with Gasteiger partial charge >= 0.3 is 0 Å². The largest absolute Gasteiger partial charge is 0.394 e. The van der Waals surface area contributed by atoms with Gasteiger partial charge in [0.2, 0.25) is 5.82 Å². The molecule has 2 rings (SSSR count). The predicted molar refractivity (Wildman–Crippen MR) is 61.9 cm³/mol. The molecule has 0 spiro atoms. The number of rotatable bonds is 2. The number of halogens is 5. The minimum atomic E-state index is -2.31. The minimum absolute atomic E-state index is 0.0741. The first-order valence-electron chi connectivity index (χ1n) is 6.24. The van der Waals surface area contributed by atoms with Crippen LogP contribution in [0.4, 0.5) is 22.0 Å². The average molecular weight is 309 g/mol. The molecule has 1 aliphatic rings. The molecular weight excluding hydrogens is 297 g/mol. The van der Waals surface area contributed by atoms with Gasteiger partial charge in [0.25, 0.3) is 5.91 Å². The molecule has 1 aromatic carbocycles. The number of nitrogens with zero attached hydrogens (tertiary/aromatic N) is 1. The van der Waals surface area contributed by atoms with Gasteiger partial charge in [-0.1, -0.05) is 6.92 Å². The summed E-state index contributed by atoms with van der Waals surface area (Å²) in [6, 6.07) is -0.715. The highest BCUT2D eigenvalue weighted by atomic mass is 19.2. The van der Waals surface area contributed by atoms with E-state index in [0.29, 0.717) is 6.42 Å². The third kappa shape index (κ3) is 2.37. The molecule has 1 aromatic rings. The van der Waals surface area contributed by atoms with Gasteiger partial charge in [0.15, 0.2) is 23.3 Å². The average Bonchev–Trinajstić information content (AvgIpc) is 2.84. The van der Waals surface area contributed by atoms with Crippen molar-refractivity contribution in [3.05, 3.63) is 34.6 Å². The summed E-state index contributed by atoms with van der Waals surface area (Å²) < 4.78 is 66.4. The Morgan fingerprint density at radius 2 is 1.57 bits per heavy atom. The van der Waals surface area contributed by atoms with E-state index in [1.165, 1.54) is 0 Å². The van der Waals surface area contributed by atoms with Crippen molar-refractivity contribution in [2.75, 3.05) is 13.2 Å². The van der Waals surface area contributed by atoms with E-state index in [9.17, 15) is 31.9 Å². The van der Waals surface area contributed by atoms with Crippen LogP contribution in [0.5, 0.6) is 0 Å². The van der Waals surface area contributed by atoms with Gasteiger partial charge in [0.05, 0.1) is 12.6 Å². The van der Waals surface area contributed by atoms with E-state index >= 15 is 0 Å². The Hall–Kier alpha value is -1.70. The molecule has 1 fully saturated rings. The number of carbonyl (C=O) groups is 1. The molecule has 0 bridgehead atoms. The zero-order valence-electron chi connectivity index (χ0n) is 11.0. The maximum absolute atomic E-state index is 13.6. The van der Waals surface area contributed by atoms with Crippen molar-refractivity contribution >= 4 is 5.91 Å². The van der Waals surface area contributed by atoms with E-state index in [0.717, 1.165) is 4.90 Å². The molecule has 0 aromatic heterocycles. The smallest absolute Gasteiger partial charge is 0.260 e. The third-order valence-corrected chi connectivity index (χ3v) is 3.75.